The molecule has 0 heterocycles. The van der Waals surface area contributed by atoms with E-state index in [1.807, 2.05) is 37.3 Å². The van der Waals surface area contributed by atoms with Crippen molar-refractivity contribution in [1.29, 1.82) is 0 Å². The normalized spacial score (nSPS) is 9.88. The first-order chi connectivity index (χ1) is 7.79. The number of nitrogens with one attached hydrogen (secondary N) is 1. The Balaban J connectivity index is 2.74. The molecule has 2 amide bonds. The molecule has 3 heteroatoms. The Morgan fingerprint density at radius 3 is 2.50 bits per heavy atom. The van der Waals surface area contributed by atoms with Crippen LogP contribution in [0.2, 0.25) is 0 Å². The molecule has 1 aromatic carbocycles. The summed E-state index contributed by atoms with van der Waals surface area (Å²) < 4.78 is 0. The van der Waals surface area contributed by atoms with Gasteiger partial charge in [0.1, 0.15) is 0 Å². The SMILES string of the molecule is CCCCN(C(=O)NCC)c1ccccc1. The first-order valence-corrected chi connectivity index (χ1v) is 5.90. The van der Waals surface area contributed by atoms with Crippen LogP contribution in [0.1, 0.15) is 26.7 Å². The summed E-state index contributed by atoms with van der Waals surface area (Å²) in [5.74, 6) is 0. The quantitative estimate of drug-likeness (QED) is 0.812. The Morgan fingerprint density at radius 1 is 1.25 bits per heavy atom. The molecule has 0 unspecified atom stereocenters. The molecule has 0 aliphatic rings. The van der Waals surface area contributed by atoms with E-state index >= 15 is 0 Å². The van der Waals surface area contributed by atoms with E-state index in [9.17, 15) is 4.79 Å². The number of nitrogens with zero attached hydrogens (tertiary/aromatic N) is 1. The summed E-state index contributed by atoms with van der Waals surface area (Å²) in [6.07, 6.45) is 2.11. The maximum Gasteiger partial charge on any atom is 0.321 e. The van der Waals surface area contributed by atoms with E-state index in [2.05, 4.69) is 12.2 Å². The van der Waals surface area contributed by atoms with Gasteiger partial charge in [0.05, 0.1) is 0 Å². The van der Waals surface area contributed by atoms with E-state index in [1.165, 1.54) is 0 Å². The van der Waals surface area contributed by atoms with Gasteiger partial charge in [0.15, 0.2) is 0 Å². The largest absolute Gasteiger partial charge is 0.338 e. The summed E-state index contributed by atoms with van der Waals surface area (Å²) in [4.78, 5) is 13.7. The highest BCUT2D eigenvalue weighted by atomic mass is 16.2. The van der Waals surface area contributed by atoms with E-state index in [0.29, 0.717) is 6.54 Å². The minimum atomic E-state index is -0.0119. The second kappa shape index (κ2) is 6.88. The smallest absolute Gasteiger partial charge is 0.321 e. The van der Waals surface area contributed by atoms with Gasteiger partial charge in [-0.1, -0.05) is 31.5 Å². The van der Waals surface area contributed by atoms with Crippen molar-refractivity contribution in [1.82, 2.24) is 5.32 Å². The molecule has 0 saturated carbocycles. The molecule has 0 atom stereocenters. The van der Waals surface area contributed by atoms with E-state index in [-0.39, 0.29) is 6.03 Å². The van der Waals surface area contributed by atoms with Crippen LogP contribution in [0.15, 0.2) is 30.3 Å². The lowest BCUT2D eigenvalue weighted by Gasteiger charge is -2.22. The fraction of sp³-hybridized carbons (Fsp3) is 0.462. The Bertz CT molecular complexity index is 311. The van der Waals surface area contributed by atoms with Gasteiger partial charge in [0, 0.05) is 18.8 Å². The maximum atomic E-state index is 11.9. The number of rotatable bonds is 5. The van der Waals surface area contributed by atoms with Crippen LogP contribution < -0.4 is 10.2 Å². The van der Waals surface area contributed by atoms with E-state index in [1.54, 1.807) is 4.90 Å². The standard InChI is InChI=1S/C13H20N2O/c1-3-5-11-15(13(16)14-4-2)12-9-7-6-8-10-12/h6-10H,3-5,11H2,1-2H3,(H,14,16). The molecule has 0 radical (unpaired) electrons. The maximum absolute atomic E-state index is 11.9. The molecular formula is C13H20N2O. The highest BCUT2D eigenvalue weighted by molar-refractivity contribution is 5.91. The Morgan fingerprint density at radius 2 is 1.94 bits per heavy atom. The Hall–Kier alpha value is -1.51. The van der Waals surface area contributed by atoms with Crippen LogP contribution in [0, 0.1) is 0 Å². The lowest BCUT2D eigenvalue weighted by Crippen LogP contribution is -2.40. The van der Waals surface area contributed by atoms with Crippen molar-refractivity contribution in [3.63, 3.8) is 0 Å². The second-order valence-corrected chi connectivity index (χ2v) is 3.68. The van der Waals surface area contributed by atoms with Crippen LogP contribution in [-0.4, -0.2) is 19.1 Å². The van der Waals surface area contributed by atoms with Gasteiger partial charge < -0.3 is 5.32 Å². The monoisotopic (exact) mass is 220 g/mol. The third-order valence-corrected chi connectivity index (χ3v) is 2.38. The van der Waals surface area contributed by atoms with Crippen molar-refractivity contribution in [2.45, 2.75) is 26.7 Å². The fourth-order valence-electron chi connectivity index (χ4n) is 1.52. The van der Waals surface area contributed by atoms with Crippen molar-refractivity contribution < 1.29 is 4.79 Å². The van der Waals surface area contributed by atoms with Gasteiger partial charge in [-0.25, -0.2) is 4.79 Å². The molecule has 0 saturated heterocycles. The predicted octanol–water partition coefficient (Wildman–Crippen LogP) is 3.02. The first kappa shape index (κ1) is 12.6. The lowest BCUT2D eigenvalue weighted by molar-refractivity contribution is 0.246. The number of hydrogen-bond donors (Lipinski definition) is 1. The third kappa shape index (κ3) is 3.57. The van der Waals surface area contributed by atoms with Gasteiger partial charge in [0.2, 0.25) is 0 Å². The van der Waals surface area contributed by atoms with Crippen molar-refractivity contribution in [3.8, 4) is 0 Å². The van der Waals surface area contributed by atoms with Gasteiger partial charge >= 0.3 is 6.03 Å². The number of para-hydroxylation sites is 1. The van der Waals surface area contributed by atoms with E-state index < -0.39 is 0 Å². The van der Waals surface area contributed by atoms with Crippen LogP contribution >= 0.6 is 0 Å². The number of amides is 2. The molecule has 1 N–H and O–H groups in total. The predicted molar refractivity (Wildman–Crippen MR) is 67.8 cm³/mol. The van der Waals surface area contributed by atoms with E-state index in [0.717, 1.165) is 25.1 Å². The molecule has 3 nitrogen and oxygen atoms in total. The van der Waals surface area contributed by atoms with Crippen molar-refractivity contribution in [2.24, 2.45) is 0 Å². The molecular weight excluding hydrogens is 200 g/mol. The van der Waals surface area contributed by atoms with Gasteiger partial charge in [-0.05, 0) is 25.5 Å². The third-order valence-electron chi connectivity index (χ3n) is 2.38. The Kier molecular flexibility index (Phi) is 5.40. The summed E-state index contributed by atoms with van der Waals surface area (Å²) in [6, 6.07) is 9.78. The van der Waals surface area contributed by atoms with Crippen LogP contribution in [0.25, 0.3) is 0 Å². The highest BCUT2D eigenvalue weighted by Crippen LogP contribution is 2.14. The molecule has 88 valence electrons. The number of unbranched alkanes of at least 4 members (excludes halogenated alkanes) is 1. The lowest BCUT2D eigenvalue weighted by atomic mass is 10.2. The summed E-state index contributed by atoms with van der Waals surface area (Å²) in [5, 5.41) is 2.84. The number of anilines is 1. The zero-order valence-electron chi connectivity index (χ0n) is 10.1. The van der Waals surface area contributed by atoms with Gasteiger partial charge in [-0.3, -0.25) is 4.90 Å². The first-order valence-electron chi connectivity index (χ1n) is 5.90. The highest BCUT2D eigenvalue weighted by Gasteiger charge is 2.13. The van der Waals surface area contributed by atoms with Crippen LogP contribution in [-0.2, 0) is 0 Å². The fourth-order valence-corrected chi connectivity index (χ4v) is 1.52. The average molecular weight is 220 g/mol. The topological polar surface area (TPSA) is 32.3 Å². The number of carbonyl (C=O) groups excluding carboxylic acids is 1. The number of carbonyl (C=O) groups is 1. The molecule has 1 rings (SSSR count). The van der Waals surface area contributed by atoms with Crippen molar-refractivity contribution >= 4 is 11.7 Å². The molecule has 0 bridgehead atoms. The summed E-state index contributed by atoms with van der Waals surface area (Å²) >= 11 is 0. The minimum absolute atomic E-state index is 0.0119. The van der Waals surface area contributed by atoms with Crippen LogP contribution in [0.4, 0.5) is 10.5 Å². The van der Waals surface area contributed by atoms with E-state index in [4.69, 9.17) is 0 Å². The molecule has 1 aromatic rings. The number of urea groups is 1. The van der Waals surface area contributed by atoms with Gasteiger partial charge in [-0.2, -0.15) is 0 Å². The summed E-state index contributed by atoms with van der Waals surface area (Å²) in [7, 11) is 0. The molecule has 0 aliphatic carbocycles. The molecule has 0 fully saturated rings. The zero-order chi connectivity index (χ0) is 11.8. The van der Waals surface area contributed by atoms with Crippen molar-refractivity contribution in [2.75, 3.05) is 18.0 Å². The van der Waals surface area contributed by atoms with Gasteiger partial charge in [-0.15, -0.1) is 0 Å². The van der Waals surface area contributed by atoms with Crippen molar-refractivity contribution in [3.05, 3.63) is 30.3 Å². The molecule has 0 spiro atoms. The Labute approximate surface area is 97.5 Å². The average Bonchev–Trinajstić information content (AvgIpc) is 2.31. The zero-order valence-corrected chi connectivity index (χ0v) is 10.1. The molecule has 16 heavy (non-hydrogen) atoms. The number of hydrogen-bond acceptors (Lipinski definition) is 1. The molecule has 0 aliphatic heterocycles. The van der Waals surface area contributed by atoms with Gasteiger partial charge in [0.25, 0.3) is 0 Å². The molecule has 0 aromatic heterocycles. The minimum Gasteiger partial charge on any atom is -0.338 e. The number of benzene rings is 1. The van der Waals surface area contributed by atoms with Crippen LogP contribution in [0.3, 0.4) is 0 Å². The van der Waals surface area contributed by atoms with Crippen LogP contribution in [0.5, 0.6) is 0 Å². The second-order valence-electron chi connectivity index (χ2n) is 3.68. The summed E-state index contributed by atoms with van der Waals surface area (Å²) in [5.41, 5.74) is 0.960. The summed E-state index contributed by atoms with van der Waals surface area (Å²) in [6.45, 7) is 5.49.